The molecule has 0 fully saturated rings. The Morgan fingerprint density at radius 2 is 1.95 bits per heavy atom. The molecule has 0 unspecified atom stereocenters. The van der Waals surface area contributed by atoms with Gasteiger partial charge in [-0.15, -0.1) is 0 Å². The summed E-state index contributed by atoms with van der Waals surface area (Å²) in [5.74, 6) is -3.70. The Kier molecular flexibility index (Phi) is 4.13. The highest BCUT2D eigenvalue weighted by Gasteiger charge is 2.22. The summed E-state index contributed by atoms with van der Waals surface area (Å²) in [5.41, 5.74) is -1.13. The first-order valence-electron chi connectivity index (χ1n) is 5.50. The van der Waals surface area contributed by atoms with Crippen molar-refractivity contribution >= 4 is 23.3 Å². The molecule has 0 aromatic heterocycles. The van der Waals surface area contributed by atoms with E-state index in [1.54, 1.807) is 0 Å². The Hall–Kier alpha value is -2.54. The van der Waals surface area contributed by atoms with E-state index < -0.39 is 39.5 Å². The van der Waals surface area contributed by atoms with Crippen molar-refractivity contribution in [3.8, 4) is 5.75 Å². The molecule has 0 saturated carbocycles. The van der Waals surface area contributed by atoms with Crippen molar-refractivity contribution in [2.24, 2.45) is 0 Å². The third-order valence-electron chi connectivity index (χ3n) is 2.49. The molecule has 5 nitrogen and oxygen atoms in total. The molecule has 0 saturated heterocycles. The van der Waals surface area contributed by atoms with Crippen molar-refractivity contribution in [2.45, 2.75) is 0 Å². The first-order chi connectivity index (χ1) is 9.90. The Balaban J connectivity index is 2.38. The molecule has 0 N–H and O–H groups in total. The number of esters is 1. The van der Waals surface area contributed by atoms with Gasteiger partial charge in [-0.3, -0.25) is 10.1 Å². The van der Waals surface area contributed by atoms with Gasteiger partial charge in [-0.2, -0.15) is 0 Å². The van der Waals surface area contributed by atoms with Gasteiger partial charge in [-0.25, -0.2) is 13.6 Å². The third kappa shape index (κ3) is 3.14. The van der Waals surface area contributed by atoms with Gasteiger partial charge < -0.3 is 4.74 Å². The molecule has 8 heteroatoms. The number of rotatable bonds is 3. The van der Waals surface area contributed by atoms with Crippen LogP contribution in [0.1, 0.15) is 10.4 Å². The molecular weight excluding hydrogens is 308 g/mol. The maximum Gasteiger partial charge on any atom is 0.346 e. The van der Waals surface area contributed by atoms with Gasteiger partial charge in [-0.1, -0.05) is 17.7 Å². The number of nitro benzene ring substituents is 1. The molecular formula is C13H6ClF2NO4. The summed E-state index contributed by atoms with van der Waals surface area (Å²) in [4.78, 5) is 21.7. The molecule has 0 heterocycles. The predicted molar refractivity (Wildman–Crippen MR) is 69.4 cm³/mol. The second-order valence-corrected chi connectivity index (χ2v) is 4.27. The van der Waals surface area contributed by atoms with Gasteiger partial charge in [0.1, 0.15) is 5.82 Å². The first-order valence-corrected chi connectivity index (χ1v) is 5.88. The quantitative estimate of drug-likeness (QED) is 0.374. The summed E-state index contributed by atoms with van der Waals surface area (Å²) in [6.45, 7) is 0. The summed E-state index contributed by atoms with van der Waals surface area (Å²) in [6.07, 6.45) is 0. The monoisotopic (exact) mass is 313 g/mol. The van der Waals surface area contributed by atoms with E-state index in [1.165, 1.54) is 12.1 Å². The second-order valence-electron chi connectivity index (χ2n) is 3.86. The zero-order valence-corrected chi connectivity index (χ0v) is 10.9. The maximum absolute atomic E-state index is 13.7. The van der Waals surface area contributed by atoms with Crippen LogP contribution in [0.15, 0.2) is 36.4 Å². The highest BCUT2D eigenvalue weighted by Crippen LogP contribution is 2.29. The van der Waals surface area contributed by atoms with Gasteiger partial charge in [0.25, 0.3) is 0 Å². The second kappa shape index (κ2) is 5.84. The van der Waals surface area contributed by atoms with Crippen LogP contribution in [-0.2, 0) is 0 Å². The number of hydrogen-bond donors (Lipinski definition) is 0. The first kappa shape index (κ1) is 14.9. The Bertz CT molecular complexity index is 736. The lowest BCUT2D eigenvalue weighted by Crippen LogP contribution is -2.12. The molecule has 0 radical (unpaired) electrons. The number of hydrogen-bond acceptors (Lipinski definition) is 4. The van der Waals surface area contributed by atoms with Crippen molar-refractivity contribution in [3.63, 3.8) is 0 Å². The van der Waals surface area contributed by atoms with Gasteiger partial charge in [-0.05, 0) is 18.2 Å². The Morgan fingerprint density at radius 1 is 1.24 bits per heavy atom. The summed E-state index contributed by atoms with van der Waals surface area (Å²) in [5, 5.41) is 10.5. The SMILES string of the molecule is O=C(Oc1cc(F)ccc1[N+](=O)[O-])c1cccc(Cl)c1F. The van der Waals surface area contributed by atoms with Crippen LogP contribution in [0.25, 0.3) is 0 Å². The largest absolute Gasteiger partial charge is 0.415 e. The van der Waals surface area contributed by atoms with Crippen LogP contribution < -0.4 is 4.74 Å². The molecule has 2 aromatic rings. The van der Waals surface area contributed by atoms with E-state index in [4.69, 9.17) is 16.3 Å². The van der Waals surface area contributed by atoms with Crippen molar-refractivity contribution < 1.29 is 23.2 Å². The topological polar surface area (TPSA) is 69.4 Å². The van der Waals surface area contributed by atoms with E-state index in [9.17, 15) is 23.7 Å². The fourth-order valence-corrected chi connectivity index (χ4v) is 1.71. The fourth-order valence-electron chi connectivity index (χ4n) is 1.54. The number of ether oxygens (including phenoxy) is 1. The van der Waals surface area contributed by atoms with E-state index in [1.807, 2.05) is 0 Å². The van der Waals surface area contributed by atoms with Crippen LogP contribution in [-0.4, -0.2) is 10.9 Å². The standard InChI is InChI=1S/C13H6ClF2NO4/c14-9-3-1-2-8(12(9)16)13(18)21-11-6-7(15)4-5-10(11)17(19)20/h1-6H. The molecule has 2 rings (SSSR count). The minimum atomic E-state index is -1.22. The van der Waals surface area contributed by atoms with E-state index in [0.29, 0.717) is 6.07 Å². The molecule has 0 spiro atoms. The van der Waals surface area contributed by atoms with Gasteiger partial charge in [0, 0.05) is 12.1 Å². The molecule has 0 aliphatic heterocycles. The number of carbonyl (C=O) groups excluding carboxylic acids is 1. The zero-order chi connectivity index (χ0) is 15.6. The summed E-state index contributed by atoms with van der Waals surface area (Å²) < 4.78 is 31.4. The van der Waals surface area contributed by atoms with Crippen LogP contribution in [0, 0.1) is 21.7 Å². The molecule has 108 valence electrons. The highest BCUT2D eigenvalue weighted by atomic mass is 35.5. The van der Waals surface area contributed by atoms with E-state index >= 15 is 0 Å². The number of nitrogens with zero attached hydrogens (tertiary/aromatic N) is 1. The highest BCUT2D eigenvalue weighted by molar-refractivity contribution is 6.31. The fraction of sp³-hybridized carbons (Fsp3) is 0. The van der Waals surface area contributed by atoms with Crippen LogP contribution in [0.4, 0.5) is 14.5 Å². The lowest BCUT2D eigenvalue weighted by Gasteiger charge is -2.06. The molecule has 0 aliphatic rings. The number of carbonyl (C=O) groups is 1. The molecule has 0 bridgehead atoms. The molecule has 0 atom stereocenters. The van der Waals surface area contributed by atoms with Crippen LogP contribution in [0.2, 0.25) is 5.02 Å². The molecule has 21 heavy (non-hydrogen) atoms. The van der Waals surface area contributed by atoms with Crippen LogP contribution in [0.5, 0.6) is 5.75 Å². The van der Waals surface area contributed by atoms with Gasteiger partial charge in [0.2, 0.25) is 5.75 Å². The van der Waals surface area contributed by atoms with E-state index in [2.05, 4.69) is 0 Å². The maximum atomic E-state index is 13.7. The smallest absolute Gasteiger partial charge is 0.346 e. The predicted octanol–water partition coefficient (Wildman–Crippen LogP) is 3.75. The number of nitro groups is 1. The summed E-state index contributed by atoms with van der Waals surface area (Å²) in [7, 11) is 0. The van der Waals surface area contributed by atoms with Crippen molar-refractivity contribution in [1.82, 2.24) is 0 Å². The Labute approximate surface area is 121 Å². The van der Waals surface area contributed by atoms with Gasteiger partial charge in [0.05, 0.1) is 15.5 Å². The van der Waals surface area contributed by atoms with E-state index in [0.717, 1.165) is 18.2 Å². The number of benzene rings is 2. The van der Waals surface area contributed by atoms with Gasteiger partial charge in [0.15, 0.2) is 5.82 Å². The van der Waals surface area contributed by atoms with Gasteiger partial charge >= 0.3 is 11.7 Å². The lowest BCUT2D eigenvalue weighted by molar-refractivity contribution is -0.385. The third-order valence-corrected chi connectivity index (χ3v) is 2.78. The lowest BCUT2D eigenvalue weighted by atomic mass is 10.2. The molecule has 0 aliphatic carbocycles. The van der Waals surface area contributed by atoms with E-state index in [-0.39, 0.29) is 5.02 Å². The number of halogens is 3. The summed E-state index contributed by atoms with van der Waals surface area (Å²) >= 11 is 5.52. The zero-order valence-electron chi connectivity index (χ0n) is 10.2. The minimum Gasteiger partial charge on any atom is -0.415 e. The normalized spacial score (nSPS) is 10.2. The Morgan fingerprint density at radius 3 is 2.62 bits per heavy atom. The molecule has 0 amide bonds. The van der Waals surface area contributed by atoms with Crippen LogP contribution in [0.3, 0.4) is 0 Å². The van der Waals surface area contributed by atoms with Crippen LogP contribution >= 0.6 is 11.6 Å². The van der Waals surface area contributed by atoms with Crippen molar-refractivity contribution in [3.05, 3.63) is 68.7 Å². The average Bonchev–Trinajstić information content (AvgIpc) is 2.41. The van der Waals surface area contributed by atoms with Crippen molar-refractivity contribution in [1.29, 1.82) is 0 Å². The summed E-state index contributed by atoms with van der Waals surface area (Å²) in [6, 6.07) is 5.97. The van der Waals surface area contributed by atoms with Crippen molar-refractivity contribution in [2.75, 3.05) is 0 Å². The minimum absolute atomic E-state index is 0.307. The average molecular weight is 314 g/mol. The molecule has 2 aromatic carbocycles.